The minimum atomic E-state index is -4.54. The molecule has 0 saturated carbocycles. The van der Waals surface area contributed by atoms with Gasteiger partial charge in [-0.15, -0.1) is 0 Å². The van der Waals surface area contributed by atoms with Crippen LogP contribution < -0.4 is 14.4 Å². The highest BCUT2D eigenvalue weighted by molar-refractivity contribution is 7.92. The Bertz CT molecular complexity index is 959. The Balaban J connectivity index is 2.18. The fourth-order valence-electron chi connectivity index (χ4n) is 2.84. The van der Waals surface area contributed by atoms with Crippen LogP contribution in [0.4, 0.5) is 18.9 Å². The lowest BCUT2D eigenvalue weighted by molar-refractivity contribution is -0.137. The minimum Gasteiger partial charge on any atom is -0.497 e. The molecule has 0 radical (unpaired) electrons. The third-order valence-electron chi connectivity index (χ3n) is 4.43. The number of ether oxygens (including phenoxy) is 1. The number of halogens is 3. The number of carbonyl (C=O) groups excluding carboxylic acids is 1. The molecule has 1 unspecified atom stereocenters. The summed E-state index contributed by atoms with van der Waals surface area (Å²) in [5.41, 5.74) is -0.125. The van der Waals surface area contributed by atoms with E-state index >= 15 is 0 Å². The van der Waals surface area contributed by atoms with Gasteiger partial charge in [-0.25, -0.2) is 8.42 Å². The van der Waals surface area contributed by atoms with Gasteiger partial charge >= 0.3 is 6.18 Å². The quantitative estimate of drug-likeness (QED) is 0.673. The Kier molecular flexibility index (Phi) is 7.35. The van der Waals surface area contributed by atoms with Crippen molar-refractivity contribution in [3.05, 3.63) is 59.7 Å². The van der Waals surface area contributed by atoms with E-state index in [1.54, 1.807) is 24.3 Å². The molecule has 1 amide bonds. The molecule has 0 aliphatic heterocycles. The van der Waals surface area contributed by atoms with E-state index in [2.05, 4.69) is 5.32 Å². The van der Waals surface area contributed by atoms with Crippen LogP contribution in [0.25, 0.3) is 0 Å². The molecule has 0 bridgehead atoms. The number of sulfonamides is 1. The molecule has 0 heterocycles. The summed E-state index contributed by atoms with van der Waals surface area (Å²) in [6.45, 7) is 1.30. The van der Waals surface area contributed by atoms with E-state index in [-0.39, 0.29) is 11.7 Å². The van der Waals surface area contributed by atoms with E-state index in [1.165, 1.54) is 7.11 Å². The molecule has 0 aromatic heterocycles. The van der Waals surface area contributed by atoms with Crippen LogP contribution in [0.1, 0.15) is 30.5 Å². The van der Waals surface area contributed by atoms with Crippen LogP contribution in [0.15, 0.2) is 48.5 Å². The summed E-state index contributed by atoms with van der Waals surface area (Å²) in [7, 11) is -2.37. The highest BCUT2D eigenvalue weighted by Crippen LogP contribution is 2.31. The second-order valence-electron chi connectivity index (χ2n) is 6.62. The van der Waals surface area contributed by atoms with E-state index in [4.69, 9.17) is 4.74 Å². The van der Waals surface area contributed by atoms with Crippen LogP contribution in [0.3, 0.4) is 0 Å². The van der Waals surface area contributed by atoms with Gasteiger partial charge in [-0.1, -0.05) is 19.1 Å². The van der Waals surface area contributed by atoms with Gasteiger partial charge < -0.3 is 10.1 Å². The number of hydrogen-bond donors (Lipinski definition) is 1. The molecule has 0 aliphatic rings. The molecule has 0 fully saturated rings. The zero-order chi connectivity index (χ0) is 22.5. The van der Waals surface area contributed by atoms with Crippen molar-refractivity contribution in [2.75, 3.05) is 24.2 Å². The molecule has 0 saturated heterocycles. The van der Waals surface area contributed by atoms with Crippen molar-refractivity contribution in [2.24, 2.45) is 0 Å². The number of alkyl halides is 3. The number of nitrogens with one attached hydrogen (secondary N) is 1. The molecule has 2 aromatic carbocycles. The van der Waals surface area contributed by atoms with E-state index in [1.807, 2.05) is 6.92 Å². The van der Waals surface area contributed by atoms with E-state index in [9.17, 15) is 26.4 Å². The Hall–Kier alpha value is -2.75. The lowest BCUT2D eigenvalue weighted by Crippen LogP contribution is -2.41. The topological polar surface area (TPSA) is 75.7 Å². The summed E-state index contributed by atoms with van der Waals surface area (Å²) in [6, 6.07) is 10.3. The normalized spacial score (nSPS) is 12.9. The second kappa shape index (κ2) is 9.38. The number of carbonyl (C=O) groups is 1. The molecule has 164 valence electrons. The third-order valence-corrected chi connectivity index (χ3v) is 5.57. The number of amides is 1. The molecule has 1 atom stereocenters. The maximum absolute atomic E-state index is 12.8. The van der Waals surface area contributed by atoms with Crippen molar-refractivity contribution < 1.29 is 31.1 Å². The first-order valence-corrected chi connectivity index (χ1v) is 10.9. The molecule has 0 spiro atoms. The van der Waals surface area contributed by atoms with Crippen molar-refractivity contribution >= 4 is 21.6 Å². The summed E-state index contributed by atoms with van der Waals surface area (Å²) < 4.78 is 68.4. The minimum absolute atomic E-state index is 0.0295. The molecule has 0 aliphatic carbocycles. The Morgan fingerprint density at radius 1 is 1.10 bits per heavy atom. The van der Waals surface area contributed by atoms with Gasteiger partial charge in [0.05, 0.1) is 30.7 Å². The van der Waals surface area contributed by atoms with Crippen molar-refractivity contribution in [3.63, 3.8) is 0 Å². The fraction of sp³-hybridized carbons (Fsp3) is 0.350. The number of nitrogens with zero attached hydrogens (tertiary/aromatic N) is 1. The zero-order valence-corrected chi connectivity index (χ0v) is 17.5. The molecule has 1 N–H and O–H groups in total. The molecule has 30 heavy (non-hydrogen) atoms. The number of hydrogen-bond acceptors (Lipinski definition) is 4. The largest absolute Gasteiger partial charge is 0.497 e. The SMILES string of the molecule is CCC(NC(=O)CN(c1ccc(C(F)(F)F)cc1)S(C)(=O)=O)c1ccc(OC)cc1. The van der Waals surface area contributed by atoms with Gasteiger partial charge in [0.2, 0.25) is 15.9 Å². The fourth-order valence-corrected chi connectivity index (χ4v) is 3.70. The number of methoxy groups -OCH3 is 1. The zero-order valence-electron chi connectivity index (χ0n) is 16.7. The van der Waals surface area contributed by atoms with Gasteiger partial charge in [-0.3, -0.25) is 9.10 Å². The summed E-state index contributed by atoms with van der Waals surface area (Å²) in [5, 5.41) is 2.76. The highest BCUT2D eigenvalue weighted by Gasteiger charge is 2.31. The lowest BCUT2D eigenvalue weighted by atomic mass is 10.0. The van der Waals surface area contributed by atoms with E-state index in [0.717, 1.165) is 40.4 Å². The van der Waals surface area contributed by atoms with Crippen molar-refractivity contribution in [3.8, 4) is 5.75 Å². The predicted molar refractivity (Wildman–Crippen MR) is 108 cm³/mol. The van der Waals surface area contributed by atoms with Crippen LogP contribution in [0, 0.1) is 0 Å². The van der Waals surface area contributed by atoms with Crippen LogP contribution in [0.2, 0.25) is 0 Å². The maximum atomic E-state index is 12.8. The van der Waals surface area contributed by atoms with E-state index < -0.39 is 34.2 Å². The summed E-state index contributed by atoms with van der Waals surface area (Å²) in [6.07, 6.45) is -3.10. The van der Waals surface area contributed by atoms with Gasteiger partial charge in [0, 0.05) is 0 Å². The predicted octanol–water partition coefficient (Wildman–Crippen LogP) is 3.75. The Morgan fingerprint density at radius 3 is 2.10 bits per heavy atom. The van der Waals surface area contributed by atoms with Crippen molar-refractivity contribution in [1.82, 2.24) is 5.32 Å². The number of benzene rings is 2. The highest BCUT2D eigenvalue weighted by atomic mass is 32.2. The van der Waals surface area contributed by atoms with Gasteiger partial charge in [0.25, 0.3) is 0 Å². The van der Waals surface area contributed by atoms with Crippen LogP contribution in [0.5, 0.6) is 5.75 Å². The van der Waals surface area contributed by atoms with Crippen molar-refractivity contribution in [2.45, 2.75) is 25.6 Å². The molecule has 2 rings (SSSR count). The lowest BCUT2D eigenvalue weighted by Gasteiger charge is -2.24. The molecule has 2 aromatic rings. The maximum Gasteiger partial charge on any atom is 0.416 e. The van der Waals surface area contributed by atoms with Crippen molar-refractivity contribution in [1.29, 1.82) is 0 Å². The first-order valence-electron chi connectivity index (χ1n) is 9.04. The average molecular weight is 444 g/mol. The molecule has 10 heteroatoms. The Morgan fingerprint density at radius 2 is 1.67 bits per heavy atom. The summed E-state index contributed by atoms with van der Waals surface area (Å²) in [4.78, 5) is 12.5. The number of anilines is 1. The molecular formula is C20H23F3N2O4S. The summed E-state index contributed by atoms with van der Waals surface area (Å²) in [5.74, 6) is 0.0773. The second-order valence-corrected chi connectivity index (χ2v) is 8.52. The van der Waals surface area contributed by atoms with Gasteiger partial charge in [-0.05, 0) is 48.4 Å². The number of rotatable bonds is 8. The van der Waals surface area contributed by atoms with Crippen LogP contribution >= 0.6 is 0 Å². The Labute approximate surface area is 173 Å². The monoisotopic (exact) mass is 444 g/mol. The standard InChI is InChI=1S/C20H23F3N2O4S/c1-4-18(14-5-11-17(29-2)12-6-14)24-19(26)13-25(30(3,27)28)16-9-7-15(8-10-16)20(21,22)23/h5-12,18H,4,13H2,1-3H3,(H,24,26). The molecule has 6 nitrogen and oxygen atoms in total. The average Bonchev–Trinajstić information content (AvgIpc) is 2.69. The molecular weight excluding hydrogens is 421 g/mol. The van der Waals surface area contributed by atoms with E-state index in [0.29, 0.717) is 12.2 Å². The van der Waals surface area contributed by atoms with Gasteiger partial charge in [0.15, 0.2) is 0 Å². The van der Waals surface area contributed by atoms with Gasteiger partial charge in [0.1, 0.15) is 12.3 Å². The third kappa shape index (κ3) is 6.12. The van der Waals surface area contributed by atoms with Crippen LogP contribution in [-0.4, -0.2) is 34.2 Å². The van der Waals surface area contributed by atoms with Crippen LogP contribution in [-0.2, 0) is 21.0 Å². The first kappa shape index (κ1) is 23.5. The smallest absolute Gasteiger partial charge is 0.416 e. The summed E-state index contributed by atoms with van der Waals surface area (Å²) >= 11 is 0. The van der Waals surface area contributed by atoms with Gasteiger partial charge in [-0.2, -0.15) is 13.2 Å². The first-order chi connectivity index (χ1) is 14.0.